The Morgan fingerprint density at radius 3 is 2.50 bits per heavy atom. The van der Waals surface area contributed by atoms with Gasteiger partial charge in [0.2, 0.25) is 0 Å². The van der Waals surface area contributed by atoms with E-state index in [1.807, 2.05) is 32.4 Å². The summed E-state index contributed by atoms with van der Waals surface area (Å²) in [4.78, 5) is 4.27. The number of imidazole rings is 1. The summed E-state index contributed by atoms with van der Waals surface area (Å²) in [6.07, 6.45) is 4.76. The second-order valence-corrected chi connectivity index (χ2v) is 5.24. The van der Waals surface area contributed by atoms with Gasteiger partial charge in [-0.1, -0.05) is 37.3 Å². The first-order chi connectivity index (χ1) is 8.54. The van der Waals surface area contributed by atoms with E-state index in [2.05, 4.69) is 40.7 Å². The predicted molar refractivity (Wildman–Crippen MR) is 74.3 cm³/mol. The monoisotopic (exact) mass is 243 g/mol. The summed E-state index contributed by atoms with van der Waals surface area (Å²) in [7, 11) is 0. The molecule has 96 valence electrons. The molecule has 1 unspecified atom stereocenters. The molecule has 2 N–H and O–H groups in total. The Hall–Kier alpha value is -1.61. The van der Waals surface area contributed by atoms with Crippen molar-refractivity contribution < 1.29 is 0 Å². The van der Waals surface area contributed by atoms with Crippen molar-refractivity contribution in [1.82, 2.24) is 9.55 Å². The molecular formula is C15H21N3. The standard InChI is InChI=1S/C15H21N3/c1-4-13(12-8-6-5-7-9-12)18-11-17-10-14(18)15(2,3)16/h5-11,13H,4,16H2,1-3H3. The van der Waals surface area contributed by atoms with Crippen molar-refractivity contribution in [2.45, 2.75) is 38.8 Å². The molecule has 1 aromatic carbocycles. The van der Waals surface area contributed by atoms with Crippen molar-refractivity contribution in [3.8, 4) is 0 Å². The minimum Gasteiger partial charge on any atom is -0.325 e. The van der Waals surface area contributed by atoms with Crippen molar-refractivity contribution in [2.75, 3.05) is 0 Å². The van der Waals surface area contributed by atoms with Crippen LogP contribution in [0.4, 0.5) is 0 Å². The fourth-order valence-electron chi connectivity index (χ4n) is 2.32. The number of hydrogen-bond acceptors (Lipinski definition) is 2. The van der Waals surface area contributed by atoms with Gasteiger partial charge >= 0.3 is 0 Å². The fourth-order valence-corrected chi connectivity index (χ4v) is 2.32. The van der Waals surface area contributed by atoms with Gasteiger partial charge < -0.3 is 10.3 Å². The van der Waals surface area contributed by atoms with E-state index < -0.39 is 0 Å². The van der Waals surface area contributed by atoms with Gasteiger partial charge in [0.15, 0.2) is 0 Å². The molecule has 0 radical (unpaired) electrons. The molecule has 1 heterocycles. The molecule has 0 saturated carbocycles. The number of nitrogens with zero attached hydrogens (tertiary/aromatic N) is 2. The normalized spacial score (nSPS) is 13.6. The molecule has 2 rings (SSSR count). The third-order valence-electron chi connectivity index (χ3n) is 3.23. The maximum atomic E-state index is 6.21. The molecule has 0 bridgehead atoms. The van der Waals surface area contributed by atoms with Crippen LogP contribution in [0.2, 0.25) is 0 Å². The highest BCUT2D eigenvalue weighted by Crippen LogP contribution is 2.27. The van der Waals surface area contributed by atoms with Gasteiger partial charge in [0.05, 0.1) is 29.8 Å². The minimum atomic E-state index is -0.376. The zero-order valence-corrected chi connectivity index (χ0v) is 11.3. The molecule has 0 amide bonds. The first kappa shape index (κ1) is 12.8. The van der Waals surface area contributed by atoms with Crippen molar-refractivity contribution in [3.63, 3.8) is 0 Å². The zero-order valence-electron chi connectivity index (χ0n) is 11.3. The predicted octanol–water partition coefficient (Wildman–Crippen LogP) is 3.08. The second kappa shape index (κ2) is 4.94. The van der Waals surface area contributed by atoms with E-state index in [9.17, 15) is 0 Å². The van der Waals surface area contributed by atoms with Crippen molar-refractivity contribution in [3.05, 3.63) is 54.1 Å². The Bertz CT molecular complexity index is 494. The lowest BCUT2D eigenvalue weighted by molar-refractivity contribution is 0.458. The molecule has 0 saturated heterocycles. The summed E-state index contributed by atoms with van der Waals surface area (Å²) >= 11 is 0. The van der Waals surface area contributed by atoms with Crippen molar-refractivity contribution in [1.29, 1.82) is 0 Å². The van der Waals surface area contributed by atoms with Crippen LogP contribution in [0, 0.1) is 0 Å². The first-order valence-corrected chi connectivity index (χ1v) is 6.40. The highest BCUT2D eigenvalue weighted by Gasteiger charge is 2.23. The molecule has 0 aliphatic heterocycles. The topological polar surface area (TPSA) is 43.8 Å². The van der Waals surface area contributed by atoms with E-state index in [0.29, 0.717) is 6.04 Å². The smallest absolute Gasteiger partial charge is 0.0954 e. The quantitative estimate of drug-likeness (QED) is 0.896. The molecular weight excluding hydrogens is 222 g/mol. The van der Waals surface area contributed by atoms with E-state index in [-0.39, 0.29) is 5.54 Å². The van der Waals surface area contributed by atoms with Gasteiger partial charge in [0.25, 0.3) is 0 Å². The first-order valence-electron chi connectivity index (χ1n) is 6.40. The molecule has 0 fully saturated rings. The molecule has 1 atom stereocenters. The van der Waals surface area contributed by atoms with Gasteiger partial charge in [-0.05, 0) is 25.8 Å². The summed E-state index contributed by atoms with van der Waals surface area (Å²) < 4.78 is 2.19. The summed E-state index contributed by atoms with van der Waals surface area (Å²) in [5.41, 5.74) is 8.20. The summed E-state index contributed by atoms with van der Waals surface area (Å²) in [6.45, 7) is 6.21. The average Bonchev–Trinajstić information content (AvgIpc) is 2.80. The van der Waals surface area contributed by atoms with Gasteiger partial charge in [0.1, 0.15) is 0 Å². The molecule has 0 aliphatic rings. The van der Waals surface area contributed by atoms with E-state index >= 15 is 0 Å². The Kier molecular flexibility index (Phi) is 3.53. The molecule has 0 spiro atoms. The van der Waals surface area contributed by atoms with Gasteiger partial charge in [-0.2, -0.15) is 0 Å². The van der Waals surface area contributed by atoms with Gasteiger partial charge in [-0.15, -0.1) is 0 Å². The van der Waals surface area contributed by atoms with Crippen LogP contribution in [-0.2, 0) is 5.54 Å². The van der Waals surface area contributed by atoms with E-state index in [1.165, 1.54) is 5.56 Å². The number of rotatable bonds is 4. The van der Waals surface area contributed by atoms with Crippen LogP contribution in [-0.4, -0.2) is 9.55 Å². The van der Waals surface area contributed by atoms with E-state index in [0.717, 1.165) is 12.1 Å². The zero-order chi connectivity index (χ0) is 13.2. The number of aromatic nitrogens is 2. The third kappa shape index (κ3) is 2.46. The number of hydrogen-bond donors (Lipinski definition) is 1. The molecule has 3 heteroatoms. The van der Waals surface area contributed by atoms with Crippen LogP contribution in [0.15, 0.2) is 42.9 Å². The summed E-state index contributed by atoms with van der Waals surface area (Å²) in [5.74, 6) is 0. The Labute approximate surface area is 109 Å². The lowest BCUT2D eigenvalue weighted by Gasteiger charge is -2.26. The van der Waals surface area contributed by atoms with Crippen LogP contribution in [0.5, 0.6) is 0 Å². The number of nitrogens with two attached hydrogens (primary N) is 1. The van der Waals surface area contributed by atoms with Crippen LogP contribution in [0.3, 0.4) is 0 Å². The Balaban J connectivity index is 2.44. The van der Waals surface area contributed by atoms with Crippen LogP contribution < -0.4 is 5.73 Å². The number of benzene rings is 1. The highest BCUT2D eigenvalue weighted by molar-refractivity contribution is 5.22. The largest absolute Gasteiger partial charge is 0.325 e. The lowest BCUT2D eigenvalue weighted by Crippen LogP contribution is -2.32. The molecule has 3 nitrogen and oxygen atoms in total. The van der Waals surface area contributed by atoms with Crippen LogP contribution >= 0.6 is 0 Å². The minimum absolute atomic E-state index is 0.298. The average molecular weight is 243 g/mol. The van der Waals surface area contributed by atoms with Gasteiger partial charge in [-0.3, -0.25) is 0 Å². The van der Waals surface area contributed by atoms with Crippen LogP contribution in [0.25, 0.3) is 0 Å². The fraction of sp³-hybridized carbons (Fsp3) is 0.400. The van der Waals surface area contributed by atoms with Crippen molar-refractivity contribution in [2.24, 2.45) is 5.73 Å². The maximum absolute atomic E-state index is 6.21. The van der Waals surface area contributed by atoms with Gasteiger partial charge in [-0.25, -0.2) is 4.98 Å². The van der Waals surface area contributed by atoms with Crippen LogP contribution in [0.1, 0.15) is 44.5 Å². The van der Waals surface area contributed by atoms with Crippen molar-refractivity contribution >= 4 is 0 Å². The Morgan fingerprint density at radius 2 is 1.94 bits per heavy atom. The SMILES string of the molecule is CCC(c1ccccc1)n1cncc1C(C)(C)N. The summed E-state index contributed by atoms with van der Waals surface area (Å²) in [5, 5.41) is 0. The lowest BCUT2D eigenvalue weighted by atomic mass is 9.99. The van der Waals surface area contributed by atoms with E-state index in [1.54, 1.807) is 0 Å². The highest BCUT2D eigenvalue weighted by atomic mass is 15.1. The van der Waals surface area contributed by atoms with E-state index in [4.69, 9.17) is 5.73 Å². The third-order valence-corrected chi connectivity index (χ3v) is 3.23. The second-order valence-electron chi connectivity index (χ2n) is 5.24. The molecule has 1 aromatic heterocycles. The maximum Gasteiger partial charge on any atom is 0.0954 e. The van der Waals surface area contributed by atoms with Gasteiger partial charge in [0, 0.05) is 0 Å². The molecule has 18 heavy (non-hydrogen) atoms. The summed E-state index contributed by atoms with van der Waals surface area (Å²) in [6, 6.07) is 10.8. The molecule has 0 aliphatic carbocycles. The Morgan fingerprint density at radius 1 is 1.28 bits per heavy atom. The molecule has 2 aromatic rings.